The molecule has 0 amide bonds. The van der Waals surface area contributed by atoms with Gasteiger partial charge >= 0.3 is 0 Å². The van der Waals surface area contributed by atoms with Crippen molar-refractivity contribution < 1.29 is 28.2 Å². The Hall–Kier alpha value is -0.440. The quantitative estimate of drug-likeness (QED) is 0.509. The monoisotopic (exact) mass is 399 g/mol. The molecule has 0 aliphatic rings. The van der Waals surface area contributed by atoms with Gasteiger partial charge in [-0.15, -0.1) is 0 Å². The van der Waals surface area contributed by atoms with Gasteiger partial charge < -0.3 is 28.2 Å². The minimum absolute atomic E-state index is 0. The molecule has 0 unspecified atom stereocenters. The maximum Gasteiger partial charge on any atom is 0.168 e. The SMILES string of the molecule is CC[N+](C)(CC)P(c1ccccc1)c1ccccc1.[I-]. The Morgan fingerprint density at radius 2 is 1.10 bits per heavy atom. The van der Waals surface area contributed by atoms with Crippen molar-refractivity contribution in [2.24, 2.45) is 0 Å². The number of nitrogens with zero attached hydrogens (tertiary/aromatic N) is 1. The number of hydrogen-bond donors (Lipinski definition) is 0. The highest BCUT2D eigenvalue weighted by Gasteiger charge is 2.33. The maximum absolute atomic E-state index is 2.38. The summed E-state index contributed by atoms with van der Waals surface area (Å²) >= 11 is 0. The van der Waals surface area contributed by atoms with E-state index in [0.29, 0.717) is 0 Å². The van der Waals surface area contributed by atoms with Crippen LogP contribution in [0.2, 0.25) is 0 Å². The lowest BCUT2D eigenvalue weighted by atomic mass is 10.4. The molecule has 0 bridgehead atoms. The second-order valence-corrected chi connectivity index (χ2v) is 7.58. The third kappa shape index (κ3) is 3.81. The molecule has 0 aromatic heterocycles. The normalized spacial score (nSPS) is 11.2. The van der Waals surface area contributed by atoms with E-state index in [1.165, 1.54) is 10.6 Å². The molecule has 0 radical (unpaired) electrons. The van der Waals surface area contributed by atoms with Crippen LogP contribution < -0.4 is 34.6 Å². The highest BCUT2D eigenvalue weighted by Crippen LogP contribution is 2.43. The number of halogens is 1. The van der Waals surface area contributed by atoms with E-state index in [1.54, 1.807) is 0 Å². The minimum Gasteiger partial charge on any atom is -1.00 e. The van der Waals surface area contributed by atoms with Gasteiger partial charge in [0.15, 0.2) is 8.07 Å². The molecule has 108 valence electrons. The van der Waals surface area contributed by atoms with E-state index in [0.717, 1.165) is 17.3 Å². The molecule has 0 fully saturated rings. The second-order valence-electron chi connectivity index (χ2n) is 4.95. The number of hydrogen-bond acceptors (Lipinski definition) is 0. The van der Waals surface area contributed by atoms with Crippen LogP contribution in [0.1, 0.15) is 13.8 Å². The lowest BCUT2D eigenvalue weighted by molar-refractivity contribution is -0.779. The predicted molar refractivity (Wildman–Crippen MR) is 86.3 cm³/mol. The average Bonchev–Trinajstić information content (AvgIpc) is 2.49. The van der Waals surface area contributed by atoms with Gasteiger partial charge in [0.1, 0.15) is 0 Å². The first-order chi connectivity index (χ1) is 9.21. The summed E-state index contributed by atoms with van der Waals surface area (Å²) in [6.45, 7) is 6.91. The number of rotatable bonds is 5. The van der Waals surface area contributed by atoms with Crippen LogP contribution in [0, 0.1) is 0 Å². The van der Waals surface area contributed by atoms with E-state index >= 15 is 0 Å². The molecule has 0 spiro atoms. The Kier molecular flexibility index (Phi) is 7.14. The molecule has 0 heterocycles. The van der Waals surface area contributed by atoms with Gasteiger partial charge in [0.2, 0.25) is 0 Å². The average molecular weight is 399 g/mol. The van der Waals surface area contributed by atoms with E-state index in [9.17, 15) is 0 Å². The molecule has 0 saturated heterocycles. The summed E-state index contributed by atoms with van der Waals surface area (Å²) in [6.07, 6.45) is 0. The van der Waals surface area contributed by atoms with Crippen LogP contribution in [0.3, 0.4) is 0 Å². The highest BCUT2D eigenvalue weighted by atomic mass is 127. The summed E-state index contributed by atoms with van der Waals surface area (Å²) in [5, 5.41) is 2.94. The van der Waals surface area contributed by atoms with Crippen LogP contribution in [-0.2, 0) is 0 Å². The fourth-order valence-corrected chi connectivity index (χ4v) is 5.24. The largest absolute Gasteiger partial charge is 1.00 e. The first-order valence-corrected chi connectivity index (χ1v) is 8.26. The van der Waals surface area contributed by atoms with E-state index in [4.69, 9.17) is 0 Å². The van der Waals surface area contributed by atoms with Gasteiger partial charge in [-0.3, -0.25) is 0 Å². The molecule has 2 aromatic carbocycles. The van der Waals surface area contributed by atoms with Crippen molar-refractivity contribution in [1.82, 2.24) is 0 Å². The van der Waals surface area contributed by atoms with Crippen LogP contribution in [0.4, 0.5) is 0 Å². The van der Waals surface area contributed by atoms with Gasteiger partial charge in [0, 0.05) is 10.6 Å². The van der Waals surface area contributed by atoms with Crippen LogP contribution in [0.25, 0.3) is 0 Å². The lowest BCUT2D eigenvalue weighted by Gasteiger charge is -2.39. The van der Waals surface area contributed by atoms with Gasteiger partial charge in [-0.1, -0.05) is 36.4 Å². The van der Waals surface area contributed by atoms with Crippen LogP contribution >= 0.6 is 8.07 Å². The summed E-state index contributed by atoms with van der Waals surface area (Å²) in [6, 6.07) is 21.9. The summed E-state index contributed by atoms with van der Waals surface area (Å²) in [5.41, 5.74) is 0. The number of benzene rings is 2. The van der Waals surface area contributed by atoms with Gasteiger partial charge in [-0.25, -0.2) is 0 Å². The Balaban J connectivity index is 0.00000200. The Morgan fingerprint density at radius 1 is 0.750 bits per heavy atom. The third-order valence-corrected chi connectivity index (χ3v) is 6.95. The summed E-state index contributed by atoms with van der Waals surface area (Å²) < 4.78 is 1.10. The van der Waals surface area contributed by atoms with Crippen molar-refractivity contribution in [3.8, 4) is 0 Å². The Morgan fingerprint density at radius 3 is 1.40 bits per heavy atom. The molecule has 2 rings (SSSR count). The van der Waals surface area contributed by atoms with Gasteiger partial charge in [-0.05, 0) is 38.1 Å². The molecule has 0 N–H and O–H groups in total. The lowest BCUT2D eigenvalue weighted by Crippen LogP contribution is -3.00. The fourth-order valence-electron chi connectivity index (χ4n) is 2.35. The fraction of sp³-hybridized carbons (Fsp3) is 0.294. The minimum atomic E-state index is -0.359. The molecule has 0 saturated carbocycles. The van der Waals surface area contributed by atoms with Crippen LogP contribution in [-0.4, -0.2) is 24.4 Å². The standard InChI is InChI=1S/C17H23NP.HI/c1-4-18(3,5-2)19(16-12-8-6-9-13-16)17-14-10-7-11-15-17;/h6-15H,4-5H2,1-3H3;1H/q+1;/p-1. The van der Waals surface area contributed by atoms with Crippen molar-refractivity contribution >= 4 is 18.7 Å². The molecule has 2 aromatic rings. The molecule has 0 aliphatic heterocycles. The molecule has 20 heavy (non-hydrogen) atoms. The van der Waals surface area contributed by atoms with Crippen LogP contribution in [0.5, 0.6) is 0 Å². The summed E-state index contributed by atoms with van der Waals surface area (Å²) in [4.78, 5) is 0. The second kappa shape index (κ2) is 8.11. The molecule has 1 nitrogen and oxygen atoms in total. The zero-order valence-corrected chi connectivity index (χ0v) is 15.5. The Bertz CT molecular complexity index is 457. The molecular weight excluding hydrogens is 376 g/mol. The van der Waals surface area contributed by atoms with Crippen molar-refractivity contribution in [3.05, 3.63) is 60.7 Å². The molecular formula is C17H23INP. The topological polar surface area (TPSA) is 0 Å². The van der Waals surface area contributed by atoms with E-state index in [1.807, 2.05) is 0 Å². The highest BCUT2D eigenvalue weighted by molar-refractivity contribution is 7.67. The van der Waals surface area contributed by atoms with Crippen molar-refractivity contribution in [2.45, 2.75) is 13.8 Å². The zero-order valence-electron chi connectivity index (χ0n) is 12.5. The molecule has 0 aliphatic carbocycles. The predicted octanol–water partition coefficient (Wildman–Crippen LogP) is 0.525. The smallest absolute Gasteiger partial charge is 0.168 e. The van der Waals surface area contributed by atoms with Gasteiger partial charge in [0.25, 0.3) is 0 Å². The third-order valence-electron chi connectivity index (χ3n) is 3.85. The Labute approximate surface area is 141 Å². The van der Waals surface area contributed by atoms with Crippen LogP contribution in [0.15, 0.2) is 60.7 Å². The molecule has 0 atom stereocenters. The first-order valence-electron chi connectivity index (χ1n) is 6.96. The first kappa shape index (κ1) is 17.6. The summed E-state index contributed by atoms with van der Waals surface area (Å²) in [7, 11) is 2.02. The maximum atomic E-state index is 2.38. The molecule has 3 heteroatoms. The van der Waals surface area contributed by atoms with Gasteiger partial charge in [-0.2, -0.15) is 0 Å². The number of quaternary nitrogens is 1. The summed E-state index contributed by atoms with van der Waals surface area (Å²) in [5.74, 6) is 0. The van der Waals surface area contributed by atoms with E-state index in [2.05, 4.69) is 81.6 Å². The van der Waals surface area contributed by atoms with Crippen molar-refractivity contribution in [3.63, 3.8) is 0 Å². The van der Waals surface area contributed by atoms with Crippen molar-refractivity contribution in [2.75, 3.05) is 20.1 Å². The van der Waals surface area contributed by atoms with Gasteiger partial charge in [0.05, 0.1) is 20.1 Å². The van der Waals surface area contributed by atoms with E-state index < -0.39 is 0 Å². The van der Waals surface area contributed by atoms with E-state index in [-0.39, 0.29) is 32.0 Å². The van der Waals surface area contributed by atoms with Crippen molar-refractivity contribution in [1.29, 1.82) is 0 Å². The zero-order chi connectivity index (χ0) is 13.7.